The van der Waals surface area contributed by atoms with Crippen molar-refractivity contribution in [3.8, 4) is 17.1 Å². The summed E-state index contributed by atoms with van der Waals surface area (Å²) in [5.74, 6) is 1.69. The maximum atomic E-state index is 15.5. The quantitative estimate of drug-likeness (QED) is 0.217. The number of ether oxygens (including phenoxy) is 1. The van der Waals surface area contributed by atoms with Gasteiger partial charge in [0.1, 0.15) is 41.0 Å². The second-order valence-corrected chi connectivity index (χ2v) is 17.9. The van der Waals surface area contributed by atoms with Crippen molar-refractivity contribution in [3.63, 3.8) is 0 Å². The van der Waals surface area contributed by atoms with E-state index in [2.05, 4.69) is 64.1 Å². The van der Waals surface area contributed by atoms with E-state index in [0.29, 0.717) is 17.2 Å². The molecule has 5 fully saturated rings. The molecule has 2 aromatic carbocycles. The number of H-pyrrole nitrogens is 1. The highest BCUT2D eigenvalue weighted by molar-refractivity contribution is 6.05. The number of anilines is 2. The highest BCUT2D eigenvalue weighted by Crippen LogP contribution is 2.41. The van der Waals surface area contributed by atoms with Crippen LogP contribution in [0.25, 0.3) is 22.3 Å². The summed E-state index contributed by atoms with van der Waals surface area (Å²) in [7, 11) is 0. The fraction of sp³-hybridized carbons (Fsp3) is 0.545. The molecule has 4 aromatic rings. The zero-order chi connectivity index (χ0) is 40.3. The van der Waals surface area contributed by atoms with Crippen LogP contribution in [0.15, 0.2) is 42.7 Å². The second kappa shape index (κ2) is 15.5. The van der Waals surface area contributed by atoms with Crippen molar-refractivity contribution < 1.29 is 23.5 Å². The number of halogens is 1. The van der Waals surface area contributed by atoms with Gasteiger partial charge in [-0.1, -0.05) is 0 Å². The van der Waals surface area contributed by atoms with E-state index in [1.165, 1.54) is 36.6 Å². The van der Waals surface area contributed by atoms with Crippen LogP contribution in [-0.4, -0.2) is 130 Å². The third kappa shape index (κ3) is 7.86. The van der Waals surface area contributed by atoms with Crippen molar-refractivity contribution >= 4 is 40.1 Å². The summed E-state index contributed by atoms with van der Waals surface area (Å²) in [5.41, 5.74) is 4.12. The standard InChI is InChI=1S/C44H53FN10O4/c1-44(10-11-44)59-31-6-7-35-33(21-31)41(50-49-35)36-23-39(47-27-46-36)54-18-14-52(15-19-54)25-29-4-2-28(3-5-29)24-51-12-16-53(17-13-51)38-20-30-26-55(43(58)32(30)22-34(38)45)37-8-9-40(56)48-42(37)57/h6-7,20-23,27-29,37H,2-5,8-19,24-26H2,1H3,(H,49,50)(H,48,56,57)/t28-,29-,37?. The van der Waals surface area contributed by atoms with Gasteiger partial charge >= 0.3 is 0 Å². The lowest BCUT2D eigenvalue weighted by atomic mass is 9.81. The van der Waals surface area contributed by atoms with Gasteiger partial charge in [0.15, 0.2) is 0 Å². The Labute approximate surface area is 343 Å². The Morgan fingerprint density at radius 1 is 0.831 bits per heavy atom. The van der Waals surface area contributed by atoms with Crippen LogP contribution in [0.3, 0.4) is 0 Å². The Morgan fingerprint density at radius 3 is 2.20 bits per heavy atom. The van der Waals surface area contributed by atoms with Crippen LogP contribution in [0.2, 0.25) is 0 Å². The SMILES string of the molecule is CC1(Oc2ccc3[nH]nc(-c4cc(N5CCN(C[C@H]6CC[C@H](CN7CCN(c8cc9c(cc8F)C(=O)N(C8CCC(=O)NC8=O)C9)CC7)CC6)CC5)ncn4)c3c2)CC1. The number of carbonyl (C=O) groups is 3. The highest BCUT2D eigenvalue weighted by Gasteiger charge is 2.41. The summed E-state index contributed by atoms with van der Waals surface area (Å²) in [6, 6.07) is 10.6. The number of aromatic nitrogens is 4. The van der Waals surface area contributed by atoms with Gasteiger partial charge in [-0.3, -0.25) is 34.6 Å². The van der Waals surface area contributed by atoms with Gasteiger partial charge in [0.25, 0.3) is 5.91 Å². The van der Waals surface area contributed by atoms with Crippen molar-refractivity contribution in [3.05, 3.63) is 59.7 Å². The topological polar surface area (TPSA) is 143 Å². The first-order valence-corrected chi connectivity index (χ1v) is 21.6. The number of hydrogen-bond acceptors (Lipinski definition) is 11. The van der Waals surface area contributed by atoms with Crippen molar-refractivity contribution in [2.75, 3.05) is 75.2 Å². The molecule has 310 valence electrons. The van der Waals surface area contributed by atoms with Crippen LogP contribution in [0.1, 0.15) is 74.2 Å². The average molecular weight is 805 g/mol. The lowest BCUT2D eigenvalue weighted by Crippen LogP contribution is -2.52. The Kier molecular flexibility index (Phi) is 9.98. The number of piperidine rings is 1. The molecule has 1 unspecified atom stereocenters. The third-order valence-corrected chi connectivity index (χ3v) is 13.7. The number of benzene rings is 2. The maximum absolute atomic E-state index is 15.5. The number of rotatable bonds is 10. The fourth-order valence-electron chi connectivity index (χ4n) is 9.94. The molecule has 15 heteroatoms. The van der Waals surface area contributed by atoms with Gasteiger partial charge in [0.05, 0.1) is 16.9 Å². The van der Waals surface area contributed by atoms with Crippen molar-refractivity contribution in [2.24, 2.45) is 11.8 Å². The van der Waals surface area contributed by atoms with E-state index in [0.717, 1.165) is 124 Å². The molecule has 14 nitrogen and oxygen atoms in total. The van der Waals surface area contributed by atoms with Crippen LogP contribution in [-0.2, 0) is 16.1 Å². The monoisotopic (exact) mass is 804 g/mol. The van der Waals surface area contributed by atoms with Gasteiger partial charge in [-0.15, -0.1) is 0 Å². The Balaban J connectivity index is 0.667. The number of fused-ring (bicyclic) bond motifs is 2. The van der Waals surface area contributed by atoms with Gasteiger partial charge in [0.2, 0.25) is 11.8 Å². The van der Waals surface area contributed by atoms with Gasteiger partial charge in [-0.25, -0.2) is 14.4 Å². The number of aromatic amines is 1. The summed E-state index contributed by atoms with van der Waals surface area (Å²) in [4.78, 5) is 57.6. The number of amides is 3. The predicted octanol–water partition coefficient (Wildman–Crippen LogP) is 4.60. The Bertz CT molecular complexity index is 2250. The summed E-state index contributed by atoms with van der Waals surface area (Å²) in [6.45, 7) is 11.8. The lowest BCUT2D eigenvalue weighted by Gasteiger charge is -2.40. The van der Waals surface area contributed by atoms with Crippen molar-refractivity contribution in [2.45, 2.75) is 76.5 Å². The second-order valence-electron chi connectivity index (χ2n) is 17.9. The number of nitrogens with one attached hydrogen (secondary N) is 2. The van der Waals surface area contributed by atoms with Crippen LogP contribution < -0.4 is 19.9 Å². The predicted molar refractivity (Wildman–Crippen MR) is 221 cm³/mol. The van der Waals surface area contributed by atoms with Crippen molar-refractivity contribution in [1.82, 2.24) is 40.2 Å². The van der Waals surface area contributed by atoms with Gasteiger partial charge in [0, 0.05) is 95.4 Å². The molecule has 6 heterocycles. The molecular weight excluding hydrogens is 752 g/mol. The molecule has 3 saturated heterocycles. The highest BCUT2D eigenvalue weighted by atomic mass is 19.1. The number of nitrogens with zero attached hydrogens (tertiary/aromatic N) is 8. The third-order valence-electron chi connectivity index (χ3n) is 13.7. The molecule has 1 atom stereocenters. The normalized spacial score (nSPS) is 25.1. The molecule has 59 heavy (non-hydrogen) atoms. The van der Waals surface area contributed by atoms with E-state index in [1.807, 2.05) is 12.1 Å². The van der Waals surface area contributed by atoms with E-state index in [-0.39, 0.29) is 36.8 Å². The molecule has 0 radical (unpaired) electrons. The van der Waals surface area contributed by atoms with E-state index >= 15 is 4.39 Å². The summed E-state index contributed by atoms with van der Waals surface area (Å²) in [6.07, 6.45) is 9.33. The first kappa shape index (κ1) is 38.1. The van der Waals surface area contributed by atoms with Gasteiger partial charge < -0.3 is 19.4 Å². The van der Waals surface area contributed by atoms with Crippen LogP contribution in [0.5, 0.6) is 5.75 Å². The number of piperazine rings is 2. The zero-order valence-electron chi connectivity index (χ0n) is 33.8. The van der Waals surface area contributed by atoms with Gasteiger partial charge in [-0.05, 0) is 99.6 Å². The largest absolute Gasteiger partial charge is 0.488 e. The molecule has 4 aliphatic heterocycles. The zero-order valence-corrected chi connectivity index (χ0v) is 33.8. The van der Waals surface area contributed by atoms with Crippen LogP contribution in [0, 0.1) is 17.7 Å². The van der Waals surface area contributed by atoms with E-state index in [1.54, 1.807) is 12.4 Å². The summed E-state index contributed by atoms with van der Waals surface area (Å²) in [5, 5.41) is 11.1. The van der Waals surface area contributed by atoms with E-state index in [9.17, 15) is 14.4 Å². The molecule has 0 spiro atoms. The molecule has 2 N–H and O–H groups in total. The minimum Gasteiger partial charge on any atom is -0.488 e. The average Bonchev–Trinajstić information content (AvgIpc) is 3.68. The molecule has 6 aliphatic rings. The minimum atomic E-state index is -0.707. The summed E-state index contributed by atoms with van der Waals surface area (Å²) >= 11 is 0. The molecule has 0 bridgehead atoms. The minimum absolute atomic E-state index is 0.0444. The van der Waals surface area contributed by atoms with Gasteiger partial charge in [-0.2, -0.15) is 5.10 Å². The Hall–Kier alpha value is -5.15. The molecule has 2 aromatic heterocycles. The number of imide groups is 1. The number of carbonyl (C=O) groups excluding carboxylic acids is 3. The molecule has 2 aliphatic carbocycles. The molecule has 3 amide bonds. The lowest BCUT2D eigenvalue weighted by molar-refractivity contribution is -0.136. The molecular formula is C44H53FN10O4. The van der Waals surface area contributed by atoms with E-state index < -0.39 is 17.8 Å². The fourth-order valence-corrected chi connectivity index (χ4v) is 9.94. The molecule has 10 rings (SSSR count). The van der Waals surface area contributed by atoms with Crippen molar-refractivity contribution in [1.29, 1.82) is 0 Å². The van der Waals surface area contributed by atoms with Crippen LogP contribution in [0.4, 0.5) is 15.9 Å². The summed E-state index contributed by atoms with van der Waals surface area (Å²) < 4.78 is 21.7. The molecule has 2 saturated carbocycles. The maximum Gasteiger partial charge on any atom is 0.255 e. The first-order valence-electron chi connectivity index (χ1n) is 21.6. The Morgan fingerprint density at radius 2 is 1.53 bits per heavy atom. The smallest absolute Gasteiger partial charge is 0.255 e. The van der Waals surface area contributed by atoms with E-state index in [4.69, 9.17) is 4.74 Å². The van der Waals surface area contributed by atoms with Crippen LogP contribution >= 0.6 is 0 Å². The first-order chi connectivity index (χ1) is 28.6. The number of hydrogen-bond donors (Lipinski definition) is 2.